The first kappa shape index (κ1) is 27.7. The van der Waals surface area contributed by atoms with Crippen LogP contribution in [0.1, 0.15) is 51.3 Å². The summed E-state index contributed by atoms with van der Waals surface area (Å²) < 4.78 is 46.4. The standard InChI is InChI=1S/C25H26F3N3O2.C2H6/c1-6-17-9-12-20(21-15-30(5)16-29-21)22(13-17)31(23(32)33-24(2,3)4)14-18-7-10-19(11-8-18)25(26,27)28;1-2/h6-13,15-16H,1,14H2,2-5H3;1-2H3. The third-order valence-electron chi connectivity index (χ3n) is 4.76. The molecule has 0 N–H and O–H groups in total. The number of alkyl halides is 3. The quantitative estimate of drug-likeness (QED) is 0.370. The topological polar surface area (TPSA) is 47.4 Å². The first-order valence-corrected chi connectivity index (χ1v) is 11.3. The summed E-state index contributed by atoms with van der Waals surface area (Å²) in [4.78, 5) is 19.1. The third kappa shape index (κ3) is 7.47. The molecule has 188 valence electrons. The highest BCUT2D eigenvalue weighted by atomic mass is 19.4. The van der Waals surface area contributed by atoms with Gasteiger partial charge in [-0.1, -0.05) is 50.8 Å². The molecule has 2 aromatic carbocycles. The molecule has 0 aliphatic heterocycles. The zero-order valence-corrected chi connectivity index (χ0v) is 21.0. The van der Waals surface area contributed by atoms with Crippen molar-refractivity contribution in [3.63, 3.8) is 0 Å². The van der Waals surface area contributed by atoms with Crippen LogP contribution in [0.25, 0.3) is 17.3 Å². The van der Waals surface area contributed by atoms with Crippen LogP contribution in [0.3, 0.4) is 0 Å². The molecule has 35 heavy (non-hydrogen) atoms. The second-order valence-corrected chi connectivity index (χ2v) is 8.67. The molecule has 0 unspecified atom stereocenters. The molecule has 3 aromatic rings. The molecule has 8 heteroatoms. The highest BCUT2D eigenvalue weighted by Gasteiger charge is 2.31. The zero-order chi connectivity index (χ0) is 26.4. The van der Waals surface area contributed by atoms with E-state index in [-0.39, 0.29) is 6.54 Å². The molecule has 0 radical (unpaired) electrons. The summed E-state index contributed by atoms with van der Waals surface area (Å²) >= 11 is 0. The van der Waals surface area contributed by atoms with Gasteiger partial charge in [0.25, 0.3) is 0 Å². The van der Waals surface area contributed by atoms with Crippen molar-refractivity contribution in [2.45, 2.75) is 52.9 Å². The summed E-state index contributed by atoms with van der Waals surface area (Å²) in [7, 11) is 1.84. The number of hydrogen-bond donors (Lipinski definition) is 0. The minimum absolute atomic E-state index is 0.00742. The van der Waals surface area contributed by atoms with Gasteiger partial charge in [-0.3, -0.25) is 4.90 Å². The summed E-state index contributed by atoms with van der Waals surface area (Å²) in [6, 6.07) is 10.2. The van der Waals surface area contributed by atoms with Crippen LogP contribution in [0.5, 0.6) is 0 Å². The second kappa shape index (κ2) is 11.3. The van der Waals surface area contributed by atoms with Gasteiger partial charge in [0, 0.05) is 18.8 Å². The van der Waals surface area contributed by atoms with E-state index >= 15 is 0 Å². The number of carbonyl (C=O) groups excluding carboxylic acids is 1. The van der Waals surface area contributed by atoms with E-state index in [1.54, 1.807) is 43.8 Å². The third-order valence-corrected chi connectivity index (χ3v) is 4.76. The van der Waals surface area contributed by atoms with Crippen molar-refractivity contribution in [2.24, 2.45) is 7.05 Å². The van der Waals surface area contributed by atoms with Gasteiger partial charge in [0.2, 0.25) is 0 Å². The van der Waals surface area contributed by atoms with Crippen LogP contribution in [0.2, 0.25) is 0 Å². The minimum Gasteiger partial charge on any atom is -0.443 e. The molecule has 3 rings (SSSR count). The second-order valence-electron chi connectivity index (χ2n) is 8.67. The lowest BCUT2D eigenvalue weighted by molar-refractivity contribution is -0.137. The molecule has 0 saturated heterocycles. The number of ether oxygens (including phenoxy) is 1. The molecule has 5 nitrogen and oxygen atoms in total. The number of halogens is 3. The number of aryl methyl sites for hydroxylation is 1. The summed E-state index contributed by atoms with van der Waals surface area (Å²) in [5, 5.41) is 0. The van der Waals surface area contributed by atoms with Gasteiger partial charge in [-0.15, -0.1) is 0 Å². The fraction of sp³-hybridized carbons (Fsp3) is 0.333. The molecule has 1 aromatic heterocycles. The van der Waals surface area contributed by atoms with Crippen molar-refractivity contribution >= 4 is 17.9 Å². The van der Waals surface area contributed by atoms with E-state index in [9.17, 15) is 18.0 Å². The largest absolute Gasteiger partial charge is 0.443 e. The van der Waals surface area contributed by atoms with Crippen LogP contribution in [0, 0.1) is 0 Å². The van der Waals surface area contributed by atoms with E-state index in [2.05, 4.69) is 11.6 Å². The van der Waals surface area contributed by atoms with Crippen LogP contribution in [-0.2, 0) is 24.5 Å². The van der Waals surface area contributed by atoms with E-state index in [1.165, 1.54) is 17.0 Å². The Morgan fingerprint density at radius 1 is 1.11 bits per heavy atom. The van der Waals surface area contributed by atoms with Crippen molar-refractivity contribution in [1.29, 1.82) is 0 Å². The van der Waals surface area contributed by atoms with Gasteiger partial charge in [-0.25, -0.2) is 9.78 Å². The Morgan fingerprint density at radius 3 is 2.23 bits per heavy atom. The molecular formula is C27H32F3N3O2. The summed E-state index contributed by atoms with van der Waals surface area (Å²) in [5.41, 5.74) is 1.60. The Hall–Kier alpha value is -3.55. The van der Waals surface area contributed by atoms with Crippen molar-refractivity contribution in [1.82, 2.24) is 9.55 Å². The number of amides is 1. The average molecular weight is 488 g/mol. The van der Waals surface area contributed by atoms with Gasteiger partial charge in [-0.2, -0.15) is 13.2 Å². The molecule has 0 aliphatic carbocycles. The number of rotatable bonds is 5. The Balaban J connectivity index is 0.00000210. The number of carbonyl (C=O) groups is 1. The molecule has 1 amide bonds. The molecule has 0 fully saturated rings. The van der Waals surface area contributed by atoms with Crippen molar-refractivity contribution in [3.8, 4) is 11.3 Å². The first-order chi connectivity index (χ1) is 16.4. The predicted octanol–water partition coefficient (Wildman–Crippen LogP) is 7.72. The predicted molar refractivity (Wildman–Crippen MR) is 134 cm³/mol. The van der Waals surface area contributed by atoms with Gasteiger partial charge in [0.15, 0.2) is 0 Å². The van der Waals surface area contributed by atoms with Crippen LogP contribution in [0.15, 0.2) is 61.6 Å². The number of benzene rings is 2. The maximum atomic E-state index is 13.3. The summed E-state index contributed by atoms with van der Waals surface area (Å²) in [6.07, 6.45) is 0.0533. The Labute approximate surface area is 204 Å². The molecule has 0 spiro atoms. The van der Waals surface area contributed by atoms with Crippen LogP contribution < -0.4 is 4.90 Å². The molecule has 0 bridgehead atoms. The van der Waals surface area contributed by atoms with Crippen molar-refractivity contribution < 1.29 is 22.7 Å². The Morgan fingerprint density at radius 2 is 1.74 bits per heavy atom. The molecule has 0 atom stereocenters. The van der Waals surface area contributed by atoms with Gasteiger partial charge < -0.3 is 9.30 Å². The fourth-order valence-corrected chi connectivity index (χ4v) is 3.21. The number of aromatic nitrogens is 2. The van der Waals surface area contributed by atoms with Crippen molar-refractivity contribution in [2.75, 3.05) is 4.90 Å². The minimum atomic E-state index is -4.44. The lowest BCUT2D eigenvalue weighted by Gasteiger charge is -2.29. The van der Waals surface area contributed by atoms with Crippen molar-refractivity contribution in [3.05, 3.63) is 78.3 Å². The Kier molecular flexibility index (Phi) is 8.90. The van der Waals surface area contributed by atoms with E-state index in [0.717, 1.165) is 17.7 Å². The number of imidazole rings is 1. The number of hydrogen-bond acceptors (Lipinski definition) is 3. The molecule has 0 aliphatic rings. The number of anilines is 1. The average Bonchev–Trinajstić information content (AvgIpc) is 3.23. The van der Waals surface area contributed by atoms with Gasteiger partial charge in [0.1, 0.15) is 5.60 Å². The van der Waals surface area contributed by atoms with Crippen LogP contribution in [-0.4, -0.2) is 21.2 Å². The SMILES string of the molecule is C=Cc1ccc(-c2cn(C)cn2)c(N(Cc2ccc(C(F)(F)F)cc2)C(=O)OC(C)(C)C)c1.CC. The normalized spacial score (nSPS) is 11.3. The molecule has 1 heterocycles. The Bertz CT molecular complexity index is 1140. The lowest BCUT2D eigenvalue weighted by atomic mass is 10.0. The smallest absolute Gasteiger partial charge is 0.416 e. The summed E-state index contributed by atoms with van der Waals surface area (Å²) in [6.45, 7) is 13.1. The monoisotopic (exact) mass is 487 g/mol. The van der Waals surface area contributed by atoms with E-state index in [1.807, 2.05) is 39.2 Å². The van der Waals surface area contributed by atoms with Crippen LogP contribution >= 0.6 is 0 Å². The zero-order valence-electron chi connectivity index (χ0n) is 21.0. The van der Waals surface area contributed by atoms with E-state index in [4.69, 9.17) is 4.74 Å². The maximum Gasteiger partial charge on any atom is 0.416 e. The number of nitrogens with zero attached hydrogens (tertiary/aromatic N) is 3. The summed E-state index contributed by atoms with van der Waals surface area (Å²) in [5.74, 6) is 0. The van der Waals surface area contributed by atoms with E-state index in [0.29, 0.717) is 22.5 Å². The van der Waals surface area contributed by atoms with Gasteiger partial charge in [-0.05, 0) is 50.1 Å². The fourth-order valence-electron chi connectivity index (χ4n) is 3.21. The highest BCUT2D eigenvalue weighted by Crippen LogP contribution is 2.34. The maximum absolute atomic E-state index is 13.3. The lowest BCUT2D eigenvalue weighted by Crippen LogP contribution is -2.37. The highest BCUT2D eigenvalue weighted by molar-refractivity contribution is 5.94. The van der Waals surface area contributed by atoms with Gasteiger partial charge >= 0.3 is 12.3 Å². The first-order valence-electron chi connectivity index (χ1n) is 11.3. The van der Waals surface area contributed by atoms with E-state index < -0.39 is 23.4 Å². The van der Waals surface area contributed by atoms with Gasteiger partial charge in [0.05, 0.1) is 29.8 Å². The molecule has 0 saturated carbocycles. The van der Waals surface area contributed by atoms with Crippen LogP contribution in [0.4, 0.5) is 23.7 Å². The molecular weight excluding hydrogens is 455 g/mol.